The Bertz CT molecular complexity index is 893. The van der Waals surface area contributed by atoms with Crippen molar-refractivity contribution in [2.45, 2.75) is 19.8 Å². The van der Waals surface area contributed by atoms with E-state index in [9.17, 15) is 4.79 Å². The highest BCUT2D eigenvalue weighted by atomic mass is 35.5. The van der Waals surface area contributed by atoms with Crippen LogP contribution in [0.3, 0.4) is 0 Å². The van der Waals surface area contributed by atoms with Crippen LogP contribution in [-0.4, -0.2) is 15.9 Å². The molecule has 0 aliphatic rings. The van der Waals surface area contributed by atoms with Crippen LogP contribution in [-0.2, 0) is 4.79 Å². The number of aromatic nitrogens is 2. The number of hydrogen-bond donors (Lipinski definition) is 1. The van der Waals surface area contributed by atoms with Crippen molar-refractivity contribution in [3.63, 3.8) is 0 Å². The van der Waals surface area contributed by atoms with E-state index in [0.717, 1.165) is 22.5 Å². The molecule has 4 nitrogen and oxygen atoms in total. The Labute approximate surface area is 151 Å². The Morgan fingerprint density at radius 1 is 1.00 bits per heavy atom. The highest BCUT2D eigenvalue weighted by Crippen LogP contribution is 2.23. The molecule has 0 fully saturated rings. The standard InChI is InChI=1S/C20H18ClN3O/c1-13-11-16(7-9-22-13)15-3-5-18(6-4-15)24-20(25)14(2)19-12-17(21)8-10-23-19/h3-12,14H,1-2H3,(H,24,25). The van der Waals surface area contributed by atoms with Crippen LogP contribution in [0.1, 0.15) is 24.2 Å². The molecule has 1 N–H and O–H groups in total. The van der Waals surface area contributed by atoms with E-state index in [-0.39, 0.29) is 11.8 Å². The number of benzene rings is 1. The molecule has 5 heteroatoms. The number of hydrogen-bond acceptors (Lipinski definition) is 3. The third-order valence-corrected chi connectivity index (χ3v) is 4.20. The molecule has 126 valence electrons. The molecule has 2 aromatic heterocycles. The van der Waals surface area contributed by atoms with Crippen LogP contribution in [0.25, 0.3) is 11.1 Å². The van der Waals surface area contributed by atoms with Gasteiger partial charge in [-0.05, 0) is 61.4 Å². The molecule has 0 bridgehead atoms. The summed E-state index contributed by atoms with van der Waals surface area (Å²) in [6.07, 6.45) is 3.40. The van der Waals surface area contributed by atoms with Gasteiger partial charge in [-0.2, -0.15) is 0 Å². The predicted molar refractivity (Wildman–Crippen MR) is 101 cm³/mol. The van der Waals surface area contributed by atoms with Gasteiger partial charge in [0.05, 0.1) is 11.6 Å². The molecular weight excluding hydrogens is 334 g/mol. The summed E-state index contributed by atoms with van der Waals surface area (Å²) in [6, 6.07) is 15.1. The largest absolute Gasteiger partial charge is 0.326 e. The molecule has 0 saturated carbocycles. The average molecular weight is 352 g/mol. The number of amides is 1. The molecule has 0 aliphatic carbocycles. The maximum Gasteiger partial charge on any atom is 0.233 e. The minimum Gasteiger partial charge on any atom is -0.326 e. The number of nitrogens with zero attached hydrogens (tertiary/aromatic N) is 2. The minimum absolute atomic E-state index is 0.123. The molecule has 3 aromatic rings. The van der Waals surface area contributed by atoms with Gasteiger partial charge in [0, 0.05) is 28.8 Å². The van der Waals surface area contributed by atoms with Gasteiger partial charge in [-0.15, -0.1) is 0 Å². The Morgan fingerprint density at radius 3 is 2.40 bits per heavy atom. The third kappa shape index (κ3) is 4.22. The fraction of sp³-hybridized carbons (Fsp3) is 0.150. The van der Waals surface area contributed by atoms with Crippen LogP contribution >= 0.6 is 11.6 Å². The molecule has 1 aromatic carbocycles. The van der Waals surface area contributed by atoms with Gasteiger partial charge < -0.3 is 5.32 Å². The van der Waals surface area contributed by atoms with E-state index in [4.69, 9.17) is 11.6 Å². The van der Waals surface area contributed by atoms with E-state index < -0.39 is 0 Å². The number of nitrogens with one attached hydrogen (secondary N) is 1. The summed E-state index contributed by atoms with van der Waals surface area (Å²) >= 11 is 5.96. The van der Waals surface area contributed by atoms with Crippen LogP contribution in [0.5, 0.6) is 0 Å². The van der Waals surface area contributed by atoms with Crippen LogP contribution in [0, 0.1) is 6.92 Å². The average Bonchev–Trinajstić information content (AvgIpc) is 2.61. The lowest BCUT2D eigenvalue weighted by Gasteiger charge is -2.12. The number of carbonyl (C=O) groups is 1. The van der Waals surface area contributed by atoms with Crippen molar-refractivity contribution >= 4 is 23.2 Å². The van der Waals surface area contributed by atoms with E-state index in [2.05, 4.69) is 15.3 Å². The lowest BCUT2D eigenvalue weighted by molar-refractivity contribution is -0.117. The highest BCUT2D eigenvalue weighted by molar-refractivity contribution is 6.30. The number of pyridine rings is 2. The SMILES string of the molecule is Cc1cc(-c2ccc(NC(=O)C(C)c3cc(Cl)ccn3)cc2)ccn1. The summed E-state index contributed by atoms with van der Waals surface area (Å²) in [4.78, 5) is 20.8. The van der Waals surface area contributed by atoms with E-state index in [0.29, 0.717) is 10.7 Å². The first kappa shape index (κ1) is 17.1. The van der Waals surface area contributed by atoms with Crippen molar-refractivity contribution in [1.82, 2.24) is 9.97 Å². The second kappa shape index (κ2) is 7.45. The molecule has 25 heavy (non-hydrogen) atoms. The zero-order valence-electron chi connectivity index (χ0n) is 14.0. The molecule has 3 rings (SSSR count). The second-order valence-electron chi connectivity index (χ2n) is 5.87. The Morgan fingerprint density at radius 2 is 1.72 bits per heavy atom. The summed E-state index contributed by atoms with van der Waals surface area (Å²) in [5, 5.41) is 3.49. The van der Waals surface area contributed by atoms with Gasteiger partial charge >= 0.3 is 0 Å². The molecule has 1 unspecified atom stereocenters. The molecule has 0 spiro atoms. The van der Waals surface area contributed by atoms with E-state index in [1.807, 2.05) is 50.2 Å². The highest BCUT2D eigenvalue weighted by Gasteiger charge is 2.17. The lowest BCUT2D eigenvalue weighted by atomic mass is 10.0. The quantitative estimate of drug-likeness (QED) is 0.731. The van der Waals surface area contributed by atoms with E-state index >= 15 is 0 Å². The summed E-state index contributed by atoms with van der Waals surface area (Å²) in [7, 11) is 0. The molecule has 0 saturated heterocycles. The van der Waals surface area contributed by atoms with E-state index in [1.165, 1.54) is 0 Å². The number of aryl methyl sites for hydroxylation is 1. The number of carbonyl (C=O) groups excluding carboxylic acids is 1. The molecule has 1 atom stereocenters. The predicted octanol–water partition coefficient (Wildman–Crippen LogP) is 4.85. The molecule has 0 radical (unpaired) electrons. The normalized spacial score (nSPS) is 11.8. The zero-order chi connectivity index (χ0) is 17.8. The lowest BCUT2D eigenvalue weighted by Crippen LogP contribution is -2.19. The van der Waals surface area contributed by atoms with Crippen molar-refractivity contribution in [3.05, 3.63) is 77.3 Å². The van der Waals surface area contributed by atoms with Crippen LogP contribution in [0.2, 0.25) is 5.02 Å². The van der Waals surface area contributed by atoms with Gasteiger partial charge in [0.1, 0.15) is 0 Å². The Hall–Kier alpha value is -2.72. The maximum absolute atomic E-state index is 12.4. The van der Waals surface area contributed by atoms with Gasteiger partial charge in [-0.25, -0.2) is 0 Å². The van der Waals surface area contributed by atoms with Crippen molar-refractivity contribution in [3.8, 4) is 11.1 Å². The molecule has 1 amide bonds. The first-order valence-corrected chi connectivity index (χ1v) is 8.36. The number of rotatable bonds is 4. The zero-order valence-corrected chi connectivity index (χ0v) is 14.8. The van der Waals surface area contributed by atoms with Gasteiger partial charge in [0.15, 0.2) is 0 Å². The van der Waals surface area contributed by atoms with Crippen LogP contribution in [0.15, 0.2) is 60.9 Å². The van der Waals surface area contributed by atoms with Gasteiger partial charge in [0.25, 0.3) is 0 Å². The fourth-order valence-corrected chi connectivity index (χ4v) is 2.68. The number of halogens is 1. The third-order valence-electron chi connectivity index (χ3n) is 3.96. The van der Waals surface area contributed by atoms with E-state index in [1.54, 1.807) is 24.5 Å². The minimum atomic E-state index is -0.388. The van der Waals surface area contributed by atoms with Crippen molar-refractivity contribution < 1.29 is 4.79 Å². The van der Waals surface area contributed by atoms with Crippen molar-refractivity contribution in [1.29, 1.82) is 0 Å². The smallest absolute Gasteiger partial charge is 0.233 e. The molecular formula is C20H18ClN3O. The summed E-state index contributed by atoms with van der Waals surface area (Å²) in [5.41, 5.74) is 4.54. The molecule has 2 heterocycles. The van der Waals surface area contributed by atoms with Crippen LogP contribution < -0.4 is 5.32 Å². The first-order valence-electron chi connectivity index (χ1n) is 7.98. The second-order valence-corrected chi connectivity index (χ2v) is 6.31. The summed E-state index contributed by atoms with van der Waals surface area (Å²) in [5.74, 6) is -0.511. The van der Waals surface area contributed by atoms with Gasteiger partial charge in [0.2, 0.25) is 5.91 Å². The first-order chi connectivity index (χ1) is 12.0. The van der Waals surface area contributed by atoms with Gasteiger partial charge in [-0.3, -0.25) is 14.8 Å². The van der Waals surface area contributed by atoms with Crippen molar-refractivity contribution in [2.75, 3.05) is 5.32 Å². The monoisotopic (exact) mass is 351 g/mol. The molecule has 0 aliphatic heterocycles. The Balaban J connectivity index is 1.72. The van der Waals surface area contributed by atoms with Crippen molar-refractivity contribution in [2.24, 2.45) is 0 Å². The topological polar surface area (TPSA) is 54.9 Å². The summed E-state index contributed by atoms with van der Waals surface area (Å²) < 4.78 is 0. The van der Waals surface area contributed by atoms with Gasteiger partial charge in [-0.1, -0.05) is 23.7 Å². The maximum atomic E-state index is 12.4. The number of anilines is 1. The van der Waals surface area contributed by atoms with Crippen LogP contribution in [0.4, 0.5) is 5.69 Å². The Kier molecular flexibility index (Phi) is 5.10. The fourth-order valence-electron chi connectivity index (χ4n) is 2.51. The summed E-state index contributed by atoms with van der Waals surface area (Å²) in [6.45, 7) is 3.77.